The van der Waals surface area contributed by atoms with Gasteiger partial charge in [-0.25, -0.2) is 4.98 Å². The van der Waals surface area contributed by atoms with Crippen LogP contribution in [0.4, 0.5) is 0 Å². The molecule has 0 bridgehead atoms. The SMILES string of the molecule is BrCC1CCCCN1Cc1cn2ccsc2n1. The van der Waals surface area contributed by atoms with Gasteiger partial charge in [0, 0.05) is 35.7 Å². The van der Waals surface area contributed by atoms with Crippen LogP contribution in [0.2, 0.25) is 0 Å². The molecule has 1 saturated heterocycles. The van der Waals surface area contributed by atoms with Crippen molar-refractivity contribution in [3.8, 4) is 0 Å². The molecular formula is C12H16BrN3S. The molecule has 1 aliphatic heterocycles. The zero-order valence-corrected chi connectivity index (χ0v) is 12.1. The summed E-state index contributed by atoms with van der Waals surface area (Å²) in [5.74, 6) is 0. The highest BCUT2D eigenvalue weighted by Crippen LogP contribution is 2.21. The van der Waals surface area contributed by atoms with Gasteiger partial charge in [0.2, 0.25) is 0 Å². The Balaban J connectivity index is 1.74. The van der Waals surface area contributed by atoms with Crippen LogP contribution in [0.25, 0.3) is 4.96 Å². The second kappa shape index (κ2) is 5.08. The van der Waals surface area contributed by atoms with E-state index in [4.69, 9.17) is 0 Å². The number of piperidine rings is 1. The average molecular weight is 314 g/mol. The van der Waals surface area contributed by atoms with E-state index in [1.54, 1.807) is 11.3 Å². The summed E-state index contributed by atoms with van der Waals surface area (Å²) in [6.07, 6.45) is 8.24. The molecule has 1 unspecified atom stereocenters. The molecule has 92 valence electrons. The minimum absolute atomic E-state index is 0.684. The van der Waals surface area contributed by atoms with Crippen LogP contribution < -0.4 is 0 Å². The number of thiazole rings is 1. The van der Waals surface area contributed by atoms with Gasteiger partial charge in [-0.3, -0.25) is 9.30 Å². The van der Waals surface area contributed by atoms with Gasteiger partial charge in [-0.2, -0.15) is 0 Å². The van der Waals surface area contributed by atoms with E-state index in [9.17, 15) is 0 Å². The highest BCUT2D eigenvalue weighted by atomic mass is 79.9. The smallest absolute Gasteiger partial charge is 0.193 e. The number of hydrogen-bond donors (Lipinski definition) is 0. The van der Waals surface area contributed by atoms with Crippen molar-refractivity contribution in [3.05, 3.63) is 23.5 Å². The van der Waals surface area contributed by atoms with Crippen LogP contribution in [0, 0.1) is 0 Å². The molecule has 0 spiro atoms. The van der Waals surface area contributed by atoms with E-state index in [-0.39, 0.29) is 0 Å². The minimum atomic E-state index is 0.684. The Morgan fingerprint density at radius 2 is 2.41 bits per heavy atom. The molecule has 5 heteroatoms. The third-order valence-electron chi connectivity index (χ3n) is 3.44. The largest absolute Gasteiger partial charge is 0.297 e. The number of aromatic nitrogens is 2. The highest BCUT2D eigenvalue weighted by molar-refractivity contribution is 9.09. The number of likely N-dealkylation sites (tertiary alicyclic amines) is 1. The molecule has 0 saturated carbocycles. The number of alkyl halides is 1. The normalized spacial score (nSPS) is 22.3. The van der Waals surface area contributed by atoms with Crippen molar-refractivity contribution in [1.82, 2.24) is 14.3 Å². The first-order valence-corrected chi connectivity index (χ1v) is 8.08. The molecule has 3 heterocycles. The van der Waals surface area contributed by atoms with Gasteiger partial charge >= 0.3 is 0 Å². The van der Waals surface area contributed by atoms with E-state index in [1.165, 1.54) is 31.5 Å². The summed E-state index contributed by atoms with van der Waals surface area (Å²) in [6.45, 7) is 2.20. The van der Waals surface area contributed by atoms with Gasteiger partial charge < -0.3 is 0 Å². The van der Waals surface area contributed by atoms with Crippen LogP contribution in [0.5, 0.6) is 0 Å². The summed E-state index contributed by atoms with van der Waals surface area (Å²) >= 11 is 5.33. The van der Waals surface area contributed by atoms with Crippen molar-refractivity contribution in [2.24, 2.45) is 0 Å². The van der Waals surface area contributed by atoms with Crippen molar-refractivity contribution in [1.29, 1.82) is 0 Å². The number of rotatable bonds is 3. The van der Waals surface area contributed by atoms with Crippen molar-refractivity contribution >= 4 is 32.2 Å². The predicted octanol–water partition coefficient (Wildman–Crippen LogP) is 3.15. The van der Waals surface area contributed by atoms with E-state index in [0.717, 1.165) is 16.8 Å². The van der Waals surface area contributed by atoms with Crippen molar-refractivity contribution in [2.75, 3.05) is 11.9 Å². The van der Waals surface area contributed by atoms with Crippen LogP contribution >= 0.6 is 27.3 Å². The molecule has 0 N–H and O–H groups in total. The first kappa shape index (κ1) is 11.7. The van der Waals surface area contributed by atoms with Crippen LogP contribution in [0.15, 0.2) is 17.8 Å². The first-order valence-electron chi connectivity index (χ1n) is 6.08. The zero-order valence-electron chi connectivity index (χ0n) is 9.68. The molecule has 0 aromatic carbocycles. The number of halogens is 1. The molecule has 2 aromatic rings. The van der Waals surface area contributed by atoms with Gasteiger partial charge in [0.05, 0.1) is 5.69 Å². The van der Waals surface area contributed by atoms with Gasteiger partial charge in [0.15, 0.2) is 4.96 Å². The van der Waals surface area contributed by atoms with E-state index < -0.39 is 0 Å². The van der Waals surface area contributed by atoms with E-state index in [1.807, 2.05) is 0 Å². The van der Waals surface area contributed by atoms with E-state index >= 15 is 0 Å². The third-order valence-corrected chi connectivity index (χ3v) is 4.95. The number of fused-ring (bicyclic) bond motifs is 1. The van der Waals surface area contributed by atoms with Crippen molar-refractivity contribution in [2.45, 2.75) is 31.8 Å². The summed E-state index contributed by atoms with van der Waals surface area (Å²) in [5.41, 5.74) is 1.20. The predicted molar refractivity (Wildman–Crippen MR) is 74.9 cm³/mol. The Morgan fingerprint density at radius 3 is 3.24 bits per heavy atom. The fourth-order valence-electron chi connectivity index (χ4n) is 2.50. The molecule has 0 radical (unpaired) electrons. The molecule has 1 atom stereocenters. The Bertz CT molecular complexity index is 464. The Kier molecular flexibility index (Phi) is 3.49. The molecule has 2 aromatic heterocycles. The molecular weight excluding hydrogens is 298 g/mol. The lowest BCUT2D eigenvalue weighted by Crippen LogP contribution is -2.40. The summed E-state index contributed by atoms with van der Waals surface area (Å²) in [5, 5.41) is 3.16. The fraction of sp³-hybridized carbons (Fsp3) is 0.583. The monoisotopic (exact) mass is 313 g/mol. The summed E-state index contributed by atoms with van der Waals surface area (Å²) in [7, 11) is 0. The summed E-state index contributed by atoms with van der Waals surface area (Å²) in [4.78, 5) is 8.32. The lowest BCUT2D eigenvalue weighted by Gasteiger charge is -2.34. The maximum Gasteiger partial charge on any atom is 0.193 e. The topological polar surface area (TPSA) is 20.5 Å². The standard InChI is InChI=1S/C12H16BrN3S/c13-7-11-3-1-2-4-15(11)8-10-9-16-5-6-17-12(16)14-10/h5-6,9,11H,1-4,7-8H2. The molecule has 3 nitrogen and oxygen atoms in total. The Morgan fingerprint density at radius 1 is 1.47 bits per heavy atom. The Labute approximate surface area is 114 Å². The quantitative estimate of drug-likeness (QED) is 0.811. The highest BCUT2D eigenvalue weighted by Gasteiger charge is 2.22. The Hall–Kier alpha value is -0.390. The first-order chi connectivity index (χ1) is 8.36. The van der Waals surface area contributed by atoms with Gasteiger partial charge in [-0.1, -0.05) is 22.4 Å². The maximum absolute atomic E-state index is 4.66. The average Bonchev–Trinajstić information content (AvgIpc) is 2.90. The third kappa shape index (κ3) is 2.41. The fourth-order valence-corrected chi connectivity index (χ4v) is 3.96. The summed E-state index contributed by atoms with van der Waals surface area (Å²) in [6, 6.07) is 0.684. The molecule has 17 heavy (non-hydrogen) atoms. The van der Waals surface area contributed by atoms with Crippen molar-refractivity contribution in [3.63, 3.8) is 0 Å². The molecule has 1 fully saturated rings. The number of nitrogens with zero attached hydrogens (tertiary/aromatic N) is 3. The minimum Gasteiger partial charge on any atom is -0.297 e. The maximum atomic E-state index is 4.66. The van der Waals surface area contributed by atoms with E-state index in [2.05, 4.69) is 48.0 Å². The van der Waals surface area contributed by atoms with Gasteiger partial charge in [-0.05, 0) is 19.4 Å². The van der Waals surface area contributed by atoms with Crippen LogP contribution in [-0.4, -0.2) is 32.2 Å². The lowest BCUT2D eigenvalue weighted by atomic mass is 10.0. The second-order valence-corrected chi connectivity index (χ2v) is 6.12. The summed E-state index contributed by atoms with van der Waals surface area (Å²) < 4.78 is 2.12. The van der Waals surface area contributed by atoms with Crippen molar-refractivity contribution < 1.29 is 0 Å². The molecule has 0 aliphatic carbocycles. The number of imidazole rings is 1. The van der Waals surface area contributed by atoms with Crippen LogP contribution in [0.1, 0.15) is 25.0 Å². The lowest BCUT2D eigenvalue weighted by molar-refractivity contribution is 0.155. The van der Waals surface area contributed by atoms with Crippen LogP contribution in [0.3, 0.4) is 0 Å². The zero-order chi connectivity index (χ0) is 11.7. The van der Waals surface area contributed by atoms with E-state index in [0.29, 0.717) is 6.04 Å². The van der Waals surface area contributed by atoms with Gasteiger partial charge in [0.1, 0.15) is 0 Å². The molecule has 3 rings (SSSR count). The number of hydrogen-bond acceptors (Lipinski definition) is 3. The van der Waals surface area contributed by atoms with Crippen LogP contribution in [-0.2, 0) is 6.54 Å². The second-order valence-electron chi connectivity index (χ2n) is 4.60. The molecule has 1 aliphatic rings. The van der Waals surface area contributed by atoms with Gasteiger partial charge in [-0.15, -0.1) is 11.3 Å². The van der Waals surface area contributed by atoms with Gasteiger partial charge in [0.25, 0.3) is 0 Å². The molecule has 0 amide bonds.